The first-order chi connectivity index (χ1) is 33.0. The molecule has 0 radical (unpaired) electrons. The molecule has 2 nitrogen and oxygen atoms in total. The topological polar surface area (TPSA) is 8.17 Å². The third kappa shape index (κ3) is 6.32. The van der Waals surface area contributed by atoms with E-state index >= 15 is 0 Å². The van der Waals surface area contributed by atoms with E-state index < -0.39 is 0 Å². The molecule has 12 aromatic rings. The quantitative estimate of drug-likeness (QED) is 0.145. The monoisotopic (exact) mass is 854 g/mol. The molecule has 316 valence electrons. The molecule has 0 N–H and O–H groups in total. The number of aromatic nitrogens is 1. The fourth-order valence-electron chi connectivity index (χ4n) is 11.0. The average molecular weight is 855 g/mol. The van der Waals surface area contributed by atoms with Gasteiger partial charge < -0.3 is 9.47 Å². The number of hydrogen-bond donors (Lipinski definition) is 0. The van der Waals surface area contributed by atoms with Crippen molar-refractivity contribution in [3.8, 4) is 50.2 Å². The van der Waals surface area contributed by atoms with Crippen LogP contribution in [0.4, 0.5) is 17.1 Å². The molecule has 13 rings (SSSR count). The van der Waals surface area contributed by atoms with Crippen LogP contribution in [0.5, 0.6) is 0 Å². The Labute approximate surface area is 391 Å². The second-order valence-corrected chi connectivity index (χ2v) is 18.5. The van der Waals surface area contributed by atoms with E-state index in [0.29, 0.717) is 0 Å². The summed E-state index contributed by atoms with van der Waals surface area (Å²) in [4.78, 5) is 2.38. The van der Waals surface area contributed by atoms with Crippen LogP contribution in [-0.4, -0.2) is 4.57 Å². The number of nitrogens with zero attached hydrogens (tertiary/aromatic N) is 2. The summed E-state index contributed by atoms with van der Waals surface area (Å²) in [6.07, 6.45) is 0. The summed E-state index contributed by atoms with van der Waals surface area (Å²) in [6.45, 7) is 4.68. The van der Waals surface area contributed by atoms with Gasteiger partial charge in [0.15, 0.2) is 0 Å². The van der Waals surface area contributed by atoms with Crippen molar-refractivity contribution in [2.75, 3.05) is 4.90 Å². The van der Waals surface area contributed by atoms with Crippen molar-refractivity contribution in [3.05, 3.63) is 254 Å². The third-order valence-electron chi connectivity index (χ3n) is 14.4. The number of benzene rings is 11. The Hall–Kier alpha value is -8.46. The van der Waals surface area contributed by atoms with Crippen molar-refractivity contribution < 1.29 is 0 Å². The standard InChI is InChI=1S/C65H46N2/c1-65(2)61-21-10-8-17-57(61)60-41-47(31-40-62(60)65)43-23-32-50(33-24-43)66(52-36-27-46(28-37-52)54-19-12-20-55-53-16-7-6-13-45(53)29-38-56(54)55)51-34-25-44(26-35-51)48-30-39-59-58-18-9-11-22-63(58)67(64(59)42-48)49-14-4-3-5-15-49/h3-42H,1-2H3. The summed E-state index contributed by atoms with van der Waals surface area (Å²) in [6, 6.07) is 89.3. The molecule has 0 unspecified atom stereocenters. The van der Waals surface area contributed by atoms with Crippen molar-refractivity contribution in [1.29, 1.82) is 0 Å². The molecular weight excluding hydrogens is 809 g/mol. The van der Waals surface area contributed by atoms with Gasteiger partial charge in [-0.2, -0.15) is 0 Å². The summed E-state index contributed by atoms with van der Waals surface area (Å²) in [5.74, 6) is 0. The molecule has 11 aromatic carbocycles. The predicted octanol–water partition coefficient (Wildman–Crippen LogP) is 17.9. The van der Waals surface area contributed by atoms with Gasteiger partial charge in [-0.05, 0) is 144 Å². The average Bonchev–Trinajstić information content (AvgIpc) is 3.84. The highest BCUT2D eigenvalue weighted by molar-refractivity contribution is 6.12. The summed E-state index contributed by atoms with van der Waals surface area (Å²) >= 11 is 0. The Bertz CT molecular complexity index is 3860. The first kappa shape index (κ1) is 39.0. The van der Waals surface area contributed by atoms with Gasteiger partial charge >= 0.3 is 0 Å². The van der Waals surface area contributed by atoms with Gasteiger partial charge in [0.2, 0.25) is 0 Å². The van der Waals surface area contributed by atoms with E-state index in [1.54, 1.807) is 0 Å². The largest absolute Gasteiger partial charge is 0.311 e. The lowest BCUT2D eigenvalue weighted by molar-refractivity contribution is 0.660. The number of rotatable bonds is 7. The maximum Gasteiger partial charge on any atom is 0.0547 e. The molecule has 1 aliphatic carbocycles. The van der Waals surface area contributed by atoms with Gasteiger partial charge in [-0.1, -0.05) is 190 Å². The van der Waals surface area contributed by atoms with Gasteiger partial charge in [0.25, 0.3) is 0 Å². The Kier molecular flexibility index (Phi) is 8.91. The van der Waals surface area contributed by atoms with E-state index in [1.807, 2.05) is 0 Å². The molecule has 67 heavy (non-hydrogen) atoms. The van der Waals surface area contributed by atoms with Crippen molar-refractivity contribution in [2.24, 2.45) is 0 Å². The van der Waals surface area contributed by atoms with Gasteiger partial charge in [-0.15, -0.1) is 0 Å². The van der Waals surface area contributed by atoms with Crippen LogP contribution >= 0.6 is 0 Å². The zero-order valence-electron chi connectivity index (χ0n) is 37.5. The van der Waals surface area contributed by atoms with Crippen molar-refractivity contribution in [3.63, 3.8) is 0 Å². The zero-order valence-corrected chi connectivity index (χ0v) is 37.5. The van der Waals surface area contributed by atoms with Gasteiger partial charge in [-0.3, -0.25) is 0 Å². The minimum atomic E-state index is -0.0171. The van der Waals surface area contributed by atoms with E-state index in [-0.39, 0.29) is 5.41 Å². The van der Waals surface area contributed by atoms with E-state index in [2.05, 4.69) is 266 Å². The summed E-state index contributed by atoms with van der Waals surface area (Å²) < 4.78 is 2.39. The van der Waals surface area contributed by atoms with Crippen LogP contribution in [0.3, 0.4) is 0 Å². The Balaban J connectivity index is 0.893. The molecule has 0 bridgehead atoms. The van der Waals surface area contributed by atoms with Crippen molar-refractivity contribution in [1.82, 2.24) is 4.57 Å². The molecule has 0 spiro atoms. The minimum absolute atomic E-state index is 0.0171. The predicted molar refractivity (Wildman–Crippen MR) is 284 cm³/mol. The highest BCUT2D eigenvalue weighted by Gasteiger charge is 2.35. The maximum atomic E-state index is 2.39. The lowest BCUT2D eigenvalue weighted by Gasteiger charge is -2.26. The van der Waals surface area contributed by atoms with Gasteiger partial charge in [0, 0.05) is 38.9 Å². The first-order valence-corrected chi connectivity index (χ1v) is 23.3. The van der Waals surface area contributed by atoms with Gasteiger partial charge in [0.05, 0.1) is 11.0 Å². The molecule has 1 heterocycles. The van der Waals surface area contributed by atoms with Crippen molar-refractivity contribution in [2.45, 2.75) is 19.3 Å². The second kappa shape index (κ2) is 15.3. The minimum Gasteiger partial charge on any atom is -0.311 e. The van der Waals surface area contributed by atoms with Crippen LogP contribution in [0.1, 0.15) is 25.0 Å². The lowest BCUT2D eigenvalue weighted by Crippen LogP contribution is -2.14. The van der Waals surface area contributed by atoms with Crippen LogP contribution in [-0.2, 0) is 5.41 Å². The van der Waals surface area contributed by atoms with E-state index in [9.17, 15) is 0 Å². The molecule has 2 heteroatoms. The molecule has 0 saturated heterocycles. The van der Waals surface area contributed by atoms with Crippen LogP contribution < -0.4 is 4.90 Å². The second-order valence-electron chi connectivity index (χ2n) is 18.5. The van der Waals surface area contributed by atoms with Crippen molar-refractivity contribution >= 4 is 60.4 Å². The van der Waals surface area contributed by atoms with E-state index in [4.69, 9.17) is 0 Å². The fraction of sp³-hybridized carbons (Fsp3) is 0.0462. The molecular formula is C65H46N2. The molecule has 0 saturated carbocycles. The van der Waals surface area contributed by atoms with Crippen LogP contribution in [0.25, 0.3) is 93.5 Å². The van der Waals surface area contributed by atoms with Crippen LogP contribution in [0.2, 0.25) is 0 Å². The maximum absolute atomic E-state index is 2.39. The lowest BCUT2D eigenvalue weighted by atomic mass is 9.82. The van der Waals surface area contributed by atoms with E-state index in [1.165, 1.54) is 99.0 Å². The molecule has 0 atom stereocenters. The van der Waals surface area contributed by atoms with Gasteiger partial charge in [-0.25, -0.2) is 0 Å². The Morgan fingerprint density at radius 2 is 0.836 bits per heavy atom. The SMILES string of the molecule is CC1(C)c2ccccc2-c2cc(-c3ccc(N(c4ccc(-c5ccc6c7ccccc7n(-c7ccccc7)c6c5)cc4)c4ccc(-c5cccc6c5ccc5ccccc56)cc4)cc3)ccc21. The highest BCUT2D eigenvalue weighted by Crippen LogP contribution is 2.50. The number of para-hydroxylation sites is 2. The van der Waals surface area contributed by atoms with Crippen LogP contribution in [0, 0.1) is 0 Å². The molecule has 0 amide bonds. The Morgan fingerprint density at radius 1 is 0.313 bits per heavy atom. The molecule has 1 aromatic heterocycles. The number of hydrogen-bond acceptors (Lipinski definition) is 1. The Morgan fingerprint density at radius 3 is 1.58 bits per heavy atom. The summed E-state index contributed by atoms with van der Waals surface area (Å²) in [5, 5.41) is 7.59. The smallest absolute Gasteiger partial charge is 0.0547 e. The fourth-order valence-corrected chi connectivity index (χ4v) is 11.0. The molecule has 1 aliphatic rings. The normalized spacial score (nSPS) is 12.7. The van der Waals surface area contributed by atoms with Gasteiger partial charge in [0.1, 0.15) is 0 Å². The molecule has 0 aliphatic heterocycles. The first-order valence-electron chi connectivity index (χ1n) is 23.3. The zero-order chi connectivity index (χ0) is 44.6. The third-order valence-corrected chi connectivity index (χ3v) is 14.4. The highest BCUT2D eigenvalue weighted by atomic mass is 15.1. The molecule has 0 fully saturated rings. The van der Waals surface area contributed by atoms with E-state index in [0.717, 1.165) is 22.7 Å². The summed E-state index contributed by atoms with van der Waals surface area (Å²) in [5.41, 5.74) is 19.5. The van der Waals surface area contributed by atoms with Crippen LogP contribution in [0.15, 0.2) is 243 Å². The summed E-state index contributed by atoms with van der Waals surface area (Å²) in [7, 11) is 0. The number of anilines is 3. The number of fused-ring (bicyclic) bond motifs is 9.